The minimum Gasteiger partial charge on any atom is -1.00 e. The summed E-state index contributed by atoms with van der Waals surface area (Å²) in [5.74, 6) is 0. The first-order valence-electron chi connectivity index (χ1n) is 7.21. The third kappa shape index (κ3) is 12.2. The third-order valence-electron chi connectivity index (χ3n) is 2.85. The van der Waals surface area contributed by atoms with Crippen molar-refractivity contribution in [3.8, 4) is 0 Å². The second-order valence-corrected chi connectivity index (χ2v) is 5.07. The van der Waals surface area contributed by atoms with Crippen molar-refractivity contribution in [2.75, 3.05) is 0 Å². The molecule has 0 radical (unpaired) electrons. The van der Waals surface area contributed by atoms with Gasteiger partial charge in [-0.3, -0.25) is 18.7 Å². The number of hydrogen-bond donors (Lipinski definition) is 0. The van der Waals surface area contributed by atoms with Crippen molar-refractivity contribution in [2.45, 2.75) is 33.6 Å². The Morgan fingerprint density at radius 2 is 1.35 bits per heavy atom. The van der Waals surface area contributed by atoms with Crippen LogP contribution in [0.2, 0.25) is 0 Å². The summed E-state index contributed by atoms with van der Waals surface area (Å²) in [6.45, 7) is 11.8. The Morgan fingerprint density at radius 1 is 0.913 bits per heavy atom. The van der Waals surface area contributed by atoms with E-state index in [1.807, 2.05) is 31.2 Å². The molecule has 0 spiro atoms. The Labute approximate surface area is 167 Å². The third-order valence-corrected chi connectivity index (χ3v) is 2.85. The molecule has 118 valence electrons. The van der Waals surface area contributed by atoms with E-state index in [0.717, 1.165) is 24.0 Å². The number of benzene rings is 1. The molecule has 2 aliphatic rings. The molecule has 2 aliphatic carbocycles. The summed E-state index contributed by atoms with van der Waals surface area (Å²) >= 11 is 0. The van der Waals surface area contributed by atoms with Gasteiger partial charge in [-0.2, -0.15) is 17.7 Å². The van der Waals surface area contributed by atoms with Crippen LogP contribution in [0.1, 0.15) is 36.5 Å². The van der Waals surface area contributed by atoms with Gasteiger partial charge in [-0.1, -0.05) is 24.1 Å². The SMILES string of the molecule is [C-]1=CC=CC1.[C-]1=CC=CC1.[CH-]=C(C)c1cc(C)cc(C)c1.[Cl-].[Zr+4]. The first-order chi connectivity index (χ1) is 10.1. The summed E-state index contributed by atoms with van der Waals surface area (Å²) in [5.41, 5.74) is 4.56. The minimum absolute atomic E-state index is 0. The van der Waals surface area contributed by atoms with E-state index in [4.69, 9.17) is 6.58 Å². The molecule has 23 heavy (non-hydrogen) atoms. The van der Waals surface area contributed by atoms with Crippen LogP contribution in [-0.4, -0.2) is 0 Å². The largest absolute Gasteiger partial charge is 4.00 e. The van der Waals surface area contributed by atoms with Crippen LogP contribution in [0.3, 0.4) is 0 Å². The van der Waals surface area contributed by atoms with Gasteiger partial charge in [-0.05, 0) is 13.8 Å². The first-order valence-corrected chi connectivity index (χ1v) is 7.21. The van der Waals surface area contributed by atoms with E-state index in [1.165, 1.54) is 11.1 Å². The number of hydrogen-bond acceptors (Lipinski definition) is 0. The van der Waals surface area contributed by atoms with Gasteiger partial charge in [0, 0.05) is 0 Å². The predicted molar refractivity (Wildman–Crippen MR) is 92.4 cm³/mol. The van der Waals surface area contributed by atoms with Gasteiger partial charge in [0.1, 0.15) is 0 Å². The van der Waals surface area contributed by atoms with Crippen LogP contribution in [0, 0.1) is 32.6 Å². The maximum absolute atomic E-state index is 5.67. The van der Waals surface area contributed by atoms with E-state index in [2.05, 4.69) is 56.4 Å². The first kappa shape index (κ1) is 24.3. The summed E-state index contributed by atoms with van der Waals surface area (Å²) in [4.78, 5) is 0. The molecule has 0 saturated carbocycles. The quantitative estimate of drug-likeness (QED) is 0.635. The van der Waals surface area contributed by atoms with Gasteiger partial charge in [0.15, 0.2) is 0 Å². The summed E-state index contributed by atoms with van der Waals surface area (Å²) in [6, 6.07) is 6.34. The maximum Gasteiger partial charge on any atom is 4.00 e. The van der Waals surface area contributed by atoms with Crippen LogP contribution in [0.15, 0.2) is 54.7 Å². The fourth-order valence-corrected chi connectivity index (χ4v) is 1.88. The fraction of sp³-hybridized carbons (Fsp3) is 0.238. The molecule has 1 aromatic rings. The normalized spacial score (nSPS) is 12.3. The van der Waals surface area contributed by atoms with Crippen molar-refractivity contribution in [1.29, 1.82) is 0 Å². The maximum atomic E-state index is 5.67. The number of allylic oxidation sites excluding steroid dienone is 9. The van der Waals surface area contributed by atoms with Crippen molar-refractivity contribution in [1.82, 2.24) is 0 Å². The van der Waals surface area contributed by atoms with Gasteiger partial charge in [0.25, 0.3) is 0 Å². The van der Waals surface area contributed by atoms with E-state index >= 15 is 0 Å². The summed E-state index contributed by atoms with van der Waals surface area (Å²) < 4.78 is 0. The molecule has 0 heterocycles. The van der Waals surface area contributed by atoms with E-state index in [0.29, 0.717) is 0 Å². The molecule has 0 amide bonds. The smallest absolute Gasteiger partial charge is 1.00 e. The molecule has 0 atom stereocenters. The van der Waals surface area contributed by atoms with Crippen LogP contribution >= 0.6 is 0 Å². The number of halogens is 1. The van der Waals surface area contributed by atoms with E-state index in [-0.39, 0.29) is 38.6 Å². The number of aryl methyl sites for hydroxylation is 2. The average Bonchev–Trinajstić information content (AvgIpc) is 3.16. The van der Waals surface area contributed by atoms with Gasteiger partial charge in [0.2, 0.25) is 0 Å². The zero-order chi connectivity index (χ0) is 15.5. The van der Waals surface area contributed by atoms with Crippen molar-refractivity contribution in [3.63, 3.8) is 0 Å². The Balaban J connectivity index is 0. The Morgan fingerprint density at radius 3 is 1.57 bits per heavy atom. The fourth-order valence-electron chi connectivity index (χ4n) is 1.88. The van der Waals surface area contributed by atoms with Gasteiger partial charge >= 0.3 is 26.2 Å². The molecule has 0 fully saturated rings. The minimum atomic E-state index is 0. The molecule has 0 bridgehead atoms. The van der Waals surface area contributed by atoms with Crippen molar-refractivity contribution >= 4 is 5.57 Å². The van der Waals surface area contributed by atoms with E-state index in [1.54, 1.807) is 0 Å². The van der Waals surface area contributed by atoms with Crippen LogP contribution in [0.4, 0.5) is 0 Å². The van der Waals surface area contributed by atoms with Gasteiger partial charge in [-0.15, -0.1) is 25.0 Å². The molecule has 2 heteroatoms. The molecule has 0 nitrogen and oxygen atoms in total. The van der Waals surface area contributed by atoms with Crippen molar-refractivity contribution in [2.24, 2.45) is 0 Å². The van der Waals surface area contributed by atoms with Gasteiger partial charge < -0.3 is 12.4 Å². The van der Waals surface area contributed by atoms with E-state index < -0.39 is 0 Å². The predicted octanol–water partition coefficient (Wildman–Crippen LogP) is 2.75. The Hall–Kier alpha value is -0.907. The second kappa shape index (κ2) is 14.7. The molecule has 0 aromatic heterocycles. The van der Waals surface area contributed by atoms with Crippen LogP contribution in [0.5, 0.6) is 0 Å². The van der Waals surface area contributed by atoms with Gasteiger partial charge in [-0.25, -0.2) is 29.9 Å². The second-order valence-electron chi connectivity index (χ2n) is 5.07. The summed E-state index contributed by atoms with van der Waals surface area (Å²) in [6.07, 6.45) is 20.0. The molecule has 3 rings (SSSR count). The van der Waals surface area contributed by atoms with E-state index in [9.17, 15) is 0 Å². The average molecular weight is 402 g/mol. The number of rotatable bonds is 1. The summed E-state index contributed by atoms with van der Waals surface area (Å²) in [7, 11) is 0. The van der Waals surface area contributed by atoms with Crippen LogP contribution in [-0.2, 0) is 26.2 Å². The zero-order valence-corrected chi connectivity index (χ0v) is 17.3. The topological polar surface area (TPSA) is 0 Å². The van der Waals surface area contributed by atoms with Crippen LogP contribution < -0.4 is 12.4 Å². The molecular formula is C21H23ClZr. The Bertz CT molecular complexity index is 515. The molecule has 0 aliphatic heterocycles. The van der Waals surface area contributed by atoms with Crippen molar-refractivity contribution < 1.29 is 38.6 Å². The standard InChI is InChI=1S/C11H13.2C5H5.ClH.Zr/c1-8(2)11-6-9(3)5-10(4)7-11;2*1-2-4-5-3-1;;/h1,5-7H,2-4H3;2*1-3H,4H2;1H;/q3*-1;;+4/p-1. The Kier molecular flexibility index (Phi) is 15.5. The summed E-state index contributed by atoms with van der Waals surface area (Å²) in [5, 5.41) is 0. The molecule has 0 unspecified atom stereocenters. The van der Waals surface area contributed by atoms with Crippen molar-refractivity contribution in [3.05, 3.63) is 90.1 Å². The molecule has 0 saturated heterocycles. The zero-order valence-electron chi connectivity index (χ0n) is 14.1. The monoisotopic (exact) mass is 400 g/mol. The van der Waals surface area contributed by atoms with Crippen LogP contribution in [0.25, 0.3) is 5.57 Å². The molecular weight excluding hydrogens is 379 g/mol. The molecule has 1 aromatic carbocycles. The van der Waals surface area contributed by atoms with Gasteiger partial charge in [0.05, 0.1) is 0 Å². The molecule has 0 N–H and O–H groups in total.